The number of hydrogen-bond acceptors (Lipinski definition) is 3. The van der Waals surface area contributed by atoms with Crippen LogP contribution in [0.2, 0.25) is 0 Å². The van der Waals surface area contributed by atoms with Gasteiger partial charge in [0.25, 0.3) is 0 Å². The molecule has 0 unspecified atom stereocenters. The Hall–Kier alpha value is -1.06. The lowest BCUT2D eigenvalue weighted by atomic mass is 10.1. The summed E-state index contributed by atoms with van der Waals surface area (Å²) in [7, 11) is 1.72. The first kappa shape index (κ1) is 14.0. The van der Waals surface area contributed by atoms with Crippen LogP contribution in [0.1, 0.15) is 19.4 Å². The molecule has 0 aliphatic heterocycles. The van der Waals surface area contributed by atoms with E-state index < -0.39 is 0 Å². The molecule has 0 atom stereocenters. The van der Waals surface area contributed by atoms with Crippen LogP contribution in [-0.4, -0.2) is 32.9 Å². The highest BCUT2D eigenvalue weighted by Crippen LogP contribution is 2.14. The lowest BCUT2D eigenvalue weighted by Crippen LogP contribution is -2.21. The fraction of sp³-hybridized carbons (Fsp3) is 0.571. The molecule has 1 N–H and O–H groups in total. The van der Waals surface area contributed by atoms with Gasteiger partial charge in [-0.15, -0.1) is 0 Å². The van der Waals surface area contributed by atoms with Gasteiger partial charge in [0.2, 0.25) is 0 Å². The van der Waals surface area contributed by atoms with Crippen molar-refractivity contribution in [1.82, 2.24) is 5.32 Å². The monoisotopic (exact) mass is 237 g/mol. The van der Waals surface area contributed by atoms with Gasteiger partial charge in [0.05, 0.1) is 12.7 Å². The van der Waals surface area contributed by atoms with E-state index in [0.717, 1.165) is 31.9 Å². The SMILES string of the molecule is COCCNCCc1cccc(OC(C)C)c1. The van der Waals surface area contributed by atoms with Gasteiger partial charge < -0.3 is 14.8 Å². The zero-order valence-electron chi connectivity index (χ0n) is 11.0. The maximum Gasteiger partial charge on any atom is 0.119 e. The third-order valence-electron chi connectivity index (χ3n) is 2.34. The van der Waals surface area contributed by atoms with E-state index in [1.54, 1.807) is 7.11 Å². The van der Waals surface area contributed by atoms with Gasteiger partial charge in [0.1, 0.15) is 5.75 Å². The van der Waals surface area contributed by atoms with Crippen molar-refractivity contribution in [2.75, 3.05) is 26.8 Å². The number of methoxy groups -OCH3 is 1. The summed E-state index contributed by atoms with van der Waals surface area (Å²) in [6, 6.07) is 8.28. The van der Waals surface area contributed by atoms with Gasteiger partial charge in [-0.25, -0.2) is 0 Å². The van der Waals surface area contributed by atoms with Crippen LogP contribution in [0, 0.1) is 0 Å². The minimum atomic E-state index is 0.227. The van der Waals surface area contributed by atoms with E-state index in [0.29, 0.717) is 0 Å². The predicted octanol–water partition coefficient (Wildman–Crippen LogP) is 2.25. The quantitative estimate of drug-likeness (QED) is 0.703. The molecule has 3 nitrogen and oxygen atoms in total. The number of ether oxygens (including phenoxy) is 2. The molecule has 3 heteroatoms. The Morgan fingerprint density at radius 1 is 1.24 bits per heavy atom. The predicted molar refractivity (Wildman–Crippen MR) is 70.7 cm³/mol. The average Bonchev–Trinajstić information content (AvgIpc) is 2.28. The van der Waals surface area contributed by atoms with Crippen molar-refractivity contribution in [1.29, 1.82) is 0 Å². The van der Waals surface area contributed by atoms with Crippen LogP contribution in [0.25, 0.3) is 0 Å². The van der Waals surface area contributed by atoms with E-state index in [4.69, 9.17) is 9.47 Å². The normalized spacial score (nSPS) is 10.8. The van der Waals surface area contributed by atoms with Gasteiger partial charge in [-0.2, -0.15) is 0 Å². The molecular formula is C14H23NO2. The van der Waals surface area contributed by atoms with Crippen LogP contribution in [-0.2, 0) is 11.2 Å². The Morgan fingerprint density at radius 3 is 2.76 bits per heavy atom. The van der Waals surface area contributed by atoms with E-state index >= 15 is 0 Å². The molecule has 0 heterocycles. The molecule has 0 amide bonds. The molecule has 1 aromatic carbocycles. The Balaban J connectivity index is 2.32. The van der Waals surface area contributed by atoms with Crippen LogP contribution in [0.5, 0.6) is 5.75 Å². The average molecular weight is 237 g/mol. The van der Waals surface area contributed by atoms with Crippen LogP contribution < -0.4 is 10.1 Å². The van der Waals surface area contributed by atoms with E-state index in [1.807, 2.05) is 26.0 Å². The van der Waals surface area contributed by atoms with Gasteiger partial charge in [-0.3, -0.25) is 0 Å². The Kier molecular flexibility index (Phi) is 6.67. The number of nitrogens with one attached hydrogen (secondary N) is 1. The van der Waals surface area contributed by atoms with Crippen LogP contribution in [0.3, 0.4) is 0 Å². The standard InChI is InChI=1S/C14H23NO2/c1-12(2)17-14-6-4-5-13(11-14)7-8-15-9-10-16-3/h4-6,11-12,15H,7-10H2,1-3H3. The topological polar surface area (TPSA) is 30.5 Å². The van der Waals surface area contributed by atoms with Crippen molar-refractivity contribution in [3.05, 3.63) is 29.8 Å². The van der Waals surface area contributed by atoms with Crippen molar-refractivity contribution in [2.24, 2.45) is 0 Å². The van der Waals surface area contributed by atoms with Crippen molar-refractivity contribution in [2.45, 2.75) is 26.4 Å². The molecule has 17 heavy (non-hydrogen) atoms. The van der Waals surface area contributed by atoms with Gasteiger partial charge >= 0.3 is 0 Å². The largest absolute Gasteiger partial charge is 0.491 e. The third-order valence-corrected chi connectivity index (χ3v) is 2.34. The maximum atomic E-state index is 5.66. The second-order valence-electron chi connectivity index (χ2n) is 4.31. The molecule has 0 aliphatic rings. The first-order valence-electron chi connectivity index (χ1n) is 6.17. The summed E-state index contributed by atoms with van der Waals surface area (Å²) in [6.07, 6.45) is 1.24. The van der Waals surface area contributed by atoms with E-state index in [9.17, 15) is 0 Å². The molecule has 0 bridgehead atoms. The summed E-state index contributed by atoms with van der Waals surface area (Å²) in [4.78, 5) is 0. The lowest BCUT2D eigenvalue weighted by molar-refractivity contribution is 0.199. The molecule has 0 aliphatic carbocycles. The van der Waals surface area contributed by atoms with Crippen molar-refractivity contribution >= 4 is 0 Å². The molecular weight excluding hydrogens is 214 g/mol. The highest BCUT2D eigenvalue weighted by atomic mass is 16.5. The molecule has 96 valence electrons. The zero-order valence-corrected chi connectivity index (χ0v) is 11.0. The summed E-state index contributed by atoms with van der Waals surface area (Å²) in [6.45, 7) is 6.71. The van der Waals surface area contributed by atoms with Gasteiger partial charge in [-0.05, 0) is 44.5 Å². The first-order chi connectivity index (χ1) is 8.22. The molecule has 0 saturated heterocycles. The maximum absolute atomic E-state index is 5.66. The van der Waals surface area contributed by atoms with Crippen molar-refractivity contribution in [3.8, 4) is 5.75 Å². The molecule has 0 saturated carbocycles. The van der Waals surface area contributed by atoms with Crippen LogP contribution in [0.15, 0.2) is 24.3 Å². The second-order valence-corrected chi connectivity index (χ2v) is 4.31. The Bertz CT molecular complexity index is 313. The van der Waals surface area contributed by atoms with Gasteiger partial charge in [-0.1, -0.05) is 12.1 Å². The number of hydrogen-bond donors (Lipinski definition) is 1. The van der Waals surface area contributed by atoms with Gasteiger partial charge in [0.15, 0.2) is 0 Å². The fourth-order valence-corrected chi connectivity index (χ4v) is 1.58. The number of rotatable bonds is 8. The third kappa shape index (κ3) is 6.29. The molecule has 0 spiro atoms. The summed E-state index contributed by atoms with van der Waals surface area (Å²) in [5, 5.41) is 3.33. The Morgan fingerprint density at radius 2 is 2.06 bits per heavy atom. The Labute approximate surface area is 104 Å². The second kappa shape index (κ2) is 8.09. The smallest absolute Gasteiger partial charge is 0.119 e. The molecule has 0 fully saturated rings. The first-order valence-corrected chi connectivity index (χ1v) is 6.17. The lowest BCUT2D eigenvalue weighted by Gasteiger charge is -2.11. The molecule has 0 aromatic heterocycles. The minimum absolute atomic E-state index is 0.227. The van der Waals surface area contributed by atoms with Gasteiger partial charge in [0, 0.05) is 13.7 Å². The summed E-state index contributed by atoms with van der Waals surface area (Å²) >= 11 is 0. The molecule has 0 radical (unpaired) electrons. The van der Waals surface area contributed by atoms with Crippen molar-refractivity contribution in [3.63, 3.8) is 0 Å². The number of benzene rings is 1. The summed E-state index contributed by atoms with van der Waals surface area (Å²) in [5.74, 6) is 0.953. The highest BCUT2D eigenvalue weighted by molar-refractivity contribution is 5.28. The van der Waals surface area contributed by atoms with Crippen LogP contribution >= 0.6 is 0 Å². The fourth-order valence-electron chi connectivity index (χ4n) is 1.58. The van der Waals surface area contributed by atoms with Crippen LogP contribution in [0.4, 0.5) is 0 Å². The van der Waals surface area contributed by atoms with E-state index in [2.05, 4.69) is 17.4 Å². The highest BCUT2D eigenvalue weighted by Gasteiger charge is 1.99. The molecule has 1 rings (SSSR count). The van der Waals surface area contributed by atoms with Crippen molar-refractivity contribution < 1.29 is 9.47 Å². The van der Waals surface area contributed by atoms with E-state index in [-0.39, 0.29) is 6.10 Å². The summed E-state index contributed by atoms with van der Waals surface area (Å²) in [5.41, 5.74) is 1.30. The zero-order chi connectivity index (χ0) is 12.5. The van der Waals surface area contributed by atoms with E-state index in [1.165, 1.54) is 5.56 Å². The summed E-state index contributed by atoms with van der Waals surface area (Å²) < 4.78 is 10.6. The minimum Gasteiger partial charge on any atom is -0.491 e. The molecule has 1 aromatic rings.